The smallest absolute Gasteiger partial charge is 0.274 e. The van der Waals surface area contributed by atoms with Gasteiger partial charge in [-0.25, -0.2) is 18.7 Å². The molecule has 2 N–H and O–H groups in total. The maximum atomic E-state index is 13.4. The minimum absolute atomic E-state index is 0.174. The molecule has 1 unspecified atom stereocenters. The molecule has 1 saturated carbocycles. The molecule has 4 heterocycles. The number of likely N-dealkylation sites (tertiary alicyclic amines) is 1. The molecule has 0 bridgehead atoms. The van der Waals surface area contributed by atoms with Crippen LogP contribution in [-0.2, 0) is 13.0 Å². The van der Waals surface area contributed by atoms with Gasteiger partial charge in [-0.1, -0.05) is 24.3 Å². The summed E-state index contributed by atoms with van der Waals surface area (Å²) in [6.45, 7) is 1.39. The second-order valence-corrected chi connectivity index (χ2v) is 9.21. The third kappa shape index (κ3) is 3.10. The Bertz CT molecular complexity index is 1230. The van der Waals surface area contributed by atoms with Crippen LogP contribution in [0.5, 0.6) is 0 Å². The third-order valence-corrected chi connectivity index (χ3v) is 7.18. The number of nitrogens with zero attached hydrogens (tertiary/aromatic N) is 4. The van der Waals surface area contributed by atoms with Crippen molar-refractivity contribution >= 4 is 11.7 Å². The zero-order valence-electron chi connectivity index (χ0n) is 17.3. The Labute approximate surface area is 183 Å². The highest BCUT2D eigenvalue weighted by Crippen LogP contribution is 2.55. The zero-order chi connectivity index (χ0) is 22.1. The van der Waals surface area contributed by atoms with Crippen molar-refractivity contribution < 1.29 is 18.7 Å². The minimum atomic E-state index is -2.68. The first-order valence-electron chi connectivity index (χ1n) is 10.9. The number of aromatic nitrogens is 3. The molecule has 9 heteroatoms. The molecule has 3 atom stereocenters. The molecular weight excluding hydrogens is 416 g/mol. The fourth-order valence-corrected chi connectivity index (χ4v) is 5.07. The SMILES string of the molecule is O=C(c1cn2cc(C3CC3(F)F)cnc2n1)N1CC[C@]2(Cc3ccccc3CN2)[C@H](O)C1. The lowest BCUT2D eigenvalue weighted by Gasteiger charge is -2.48. The van der Waals surface area contributed by atoms with E-state index in [0.29, 0.717) is 30.9 Å². The van der Waals surface area contributed by atoms with E-state index in [9.17, 15) is 18.7 Å². The lowest BCUT2D eigenvalue weighted by molar-refractivity contribution is -0.0140. The van der Waals surface area contributed by atoms with E-state index in [4.69, 9.17) is 0 Å². The lowest BCUT2D eigenvalue weighted by Crippen LogP contribution is -2.65. The normalized spacial score (nSPS) is 28.7. The predicted molar refractivity (Wildman–Crippen MR) is 112 cm³/mol. The molecule has 3 aliphatic rings. The van der Waals surface area contributed by atoms with Crippen LogP contribution in [0.25, 0.3) is 5.78 Å². The van der Waals surface area contributed by atoms with E-state index in [-0.39, 0.29) is 24.6 Å². The molecular formula is C23H23F2N5O2. The highest BCUT2D eigenvalue weighted by molar-refractivity contribution is 5.93. The van der Waals surface area contributed by atoms with Crippen molar-refractivity contribution in [1.29, 1.82) is 0 Å². The fraction of sp³-hybridized carbons (Fsp3) is 0.435. The van der Waals surface area contributed by atoms with Crippen LogP contribution in [0.1, 0.15) is 45.9 Å². The van der Waals surface area contributed by atoms with Gasteiger partial charge in [0, 0.05) is 44.6 Å². The molecule has 1 aliphatic carbocycles. The van der Waals surface area contributed by atoms with Gasteiger partial charge in [-0.05, 0) is 29.5 Å². The van der Waals surface area contributed by atoms with Crippen molar-refractivity contribution in [2.75, 3.05) is 13.1 Å². The van der Waals surface area contributed by atoms with Crippen LogP contribution in [0, 0.1) is 0 Å². The van der Waals surface area contributed by atoms with Crippen LogP contribution >= 0.6 is 0 Å². The van der Waals surface area contributed by atoms with Gasteiger partial charge in [0.25, 0.3) is 11.8 Å². The van der Waals surface area contributed by atoms with Crippen molar-refractivity contribution in [2.45, 2.75) is 49.3 Å². The van der Waals surface area contributed by atoms with Crippen molar-refractivity contribution in [2.24, 2.45) is 0 Å². The standard InChI is InChI=1S/C23H23F2N5O2/c24-23(25)8-17(23)16-9-26-21-28-18(12-30(21)11-16)20(32)29-6-5-22(19(31)13-29)7-14-3-1-2-4-15(14)10-27-22/h1-4,9,11-12,17,19,27,31H,5-8,10,13H2/t17?,19-,22+/m1/s1. The van der Waals surface area contributed by atoms with Crippen molar-refractivity contribution in [3.05, 3.63) is 65.2 Å². The molecule has 2 aromatic heterocycles. The van der Waals surface area contributed by atoms with Gasteiger partial charge in [0.15, 0.2) is 0 Å². The molecule has 3 aromatic rings. The zero-order valence-corrected chi connectivity index (χ0v) is 17.3. The van der Waals surface area contributed by atoms with Gasteiger partial charge in [0.2, 0.25) is 5.78 Å². The first kappa shape index (κ1) is 19.8. The van der Waals surface area contributed by atoms with E-state index in [1.54, 1.807) is 11.1 Å². The number of imidazole rings is 1. The topological polar surface area (TPSA) is 82.8 Å². The molecule has 1 spiro atoms. The minimum Gasteiger partial charge on any atom is -0.389 e. The van der Waals surface area contributed by atoms with Crippen LogP contribution in [0.2, 0.25) is 0 Å². The number of rotatable bonds is 2. The Morgan fingerprint density at radius 1 is 1.22 bits per heavy atom. The van der Waals surface area contributed by atoms with Gasteiger partial charge in [-0.3, -0.25) is 9.20 Å². The summed E-state index contributed by atoms with van der Waals surface area (Å²) in [6.07, 6.45) is 4.96. The Hall–Kier alpha value is -2.91. The van der Waals surface area contributed by atoms with Crippen LogP contribution < -0.4 is 5.32 Å². The Morgan fingerprint density at radius 3 is 2.75 bits per heavy atom. The first-order chi connectivity index (χ1) is 15.3. The summed E-state index contributed by atoms with van der Waals surface area (Å²) in [7, 11) is 0. The maximum Gasteiger partial charge on any atom is 0.274 e. The molecule has 1 amide bonds. The highest BCUT2D eigenvalue weighted by Gasteiger charge is 2.58. The molecule has 166 valence electrons. The number of aliphatic hydroxyl groups is 1. The number of alkyl halides is 2. The maximum absolute atomic E-state index is 13.4. The van der Waals surface area contributed by atoms with Crippen molar-refractivity contribution in [3.63, 3.8) is 0 Å². The monoisotopic (exact) mass is 439 g/mol. The molecule has 7 nitrogen and oxygen atoms in total. The summed E-state index contributed by atoms with van der Waals surface area (Å²) in [4.78, 5) is 23.1. The molecule has 1 aromatic carbocycles. The quantitative estimate of drug-likeness (QED) is 0.640. The van der Waals surface area contributed by atoms with Gasteiger partial charge in [-0.2, -0.15) is 0 Å². The van der Waals surface area contributed by atoms with E-state index in [2.05, 4.69) is 27.4 Å². The Morgan fingerprint density at radius 2 is 2.00 bits per heavy atom. The van der Waals surface area contributed by atoms with Crippen LogP contribution in [0.4, 0.5) is 8.78 Å². The molecule has 1 saturated heterocycles. The van der Waals surface area contributed by atoms with Crippen molar-refractivity contribution in [3.8, 4) is 0 Å². The van der Waals surface area contributed by atoms with Gasteiger partial charge >= 0.3 is 0 Å². The van der Waals surface area contributed by atoms with Crippen LogP contribution in [0.15, 0.2) is 42.9 Å². The number of carbonyl (C=O) groups excluding carboxylic acids is 1. The molecule has 2 aliphatic heterocycles. The predicted octanol–water partition coefficient (Wildman–Crippen LogP) is 2.14. The number of hydrogen-bond acceptors (Lipinski definition) is 5. The van der Waals surface area contributed by atoms with E-state index >= 15 is 0 Å². The number of nitrogens with one attached hydrogen (secondary N) is 1. The van der Waals surface area contributed by atoms with Crippen LogP contribution in [0.3, 0.4) is 0 Å². The first-order valence-corrected chi connectivity index (χ1v) is 10.9. The number of carbonyl (C=O) groups is 1. The van der Waals surface area contributed by atoms with Crippen molar-refractivity contribution in [1.82, 2.24) is 24.6 Å². The number of halogens is 2. The average molecular weight is 439 g/mol. The number of amides is 1. The number of piperidine rings is 1. The summed E-state index contributed by atoms with van der Waals surface area (Å²) < 4.78 is 28.3. The average Bonchev–Trinajstić information content (AvgIpc) is 3.23. The van der Waals surface area contributed by atoms with E-state index in [0.717, 1.165) is 6.42 Å². The highest BCUT2D eigenvalue weighted by atomic mass is 19.3. The summed E-state index contributed by atoms with van der Waals surface area (Å²) >= 11 is 0. The number of hydrogen-bond donors (Lipinski definition) is 2. The molecule has 0 radical (unpaired) electrons. The van der Waals surface area contributed by atoms with E-state index in [1.165, 1.54) is 27.9 Å². The molecule has 6 rings (SSSR count). The van der Waals surface area contributed by atoms with E-state index < -0.39 is 23.5 Å². The Kier molecular flexibility index (Phi) is 4.19. The number of β-amino-alcohol motifs (C(OH)–C–C–N with tert-alkyl or cyclic N) is 1. The largest absolute Gasteiger partial charge is 0.389 e. The van der Waals surface area contributed by atoms with Gasteiger partial charge in [0.1, 0.15) is 5.69 Å². The molecule has 2 fully saturated rings. The van der Waals surface area contributed by atoms with E-state index in [1.807, 2.05) is 12.1 Å². The second-order valence-electron chi connectivity index (χ2n) is 9.21. The number of benzene rings is 1. The summed E-state index contributed by atoms with van der Waals surface area (Å²) in [5.41, 5.74) is 2.66. The van der Waals surface area contributed by atoms with Gasteiger partial charge in [0.05, 0.1) is 17.6 Å². The Balaban J connectivity index is 1.19. The summed E-state index contributed by atoms with van der Waals surface area (Å²) in [5.74, 6) is -3.50. The third-order valence-electron chi connectivity index (χ3n) is 7.18. The van der Waals surface area contributed by atoms with Gasteiger partial charge in [-0.15, -0.1) is 0 Å². The lowest BCUT2D eigenvalue weighted by atomic mass is 9.76. The van der Waals surface area contributed by atoms with Gasteiger partial charge < -0.3 is 15.3 Å². The summed E-state index contributed by atoms with van der Waals surface area (Å²) in [6, 6.07) is 8.21. The molecule has 32 heavy (non-hydrogen) atoms. The fourth-order valence-electron chi connectivity index (χ4n) is 5.07. The van der Waals surface area contributed by atoms with Crippen LogP contribution in [-0.4, -0.2) is 60.9 Å². The number of aliphatic hydroxyl groups excluding tert-OH is 1. The summed E-state index contributed by atoms with van der Waals surface area (Å²) in [5, 5.41) is 14.5. The second kappa shape index (κ2) is 6.79. The number of fused-ring (bicyclic) bond motifs is 2.